The van der Waals surface area contributed by atoms with Crippen molar-refractivity contribution < 1.29 is 28.4 Å². The van der Waals surface area contributed by atoms with Crippen molar-refractivity contribution in [2.24, 2.45) is 11.8 Å². The number of nitrogens with one attached hydrogen (secondary N) is 2. The second kappa shape index (κ2) is 13.3. The summed E-state index contributed by atoms with van der Waals surface area (Å²) in [6, 6.07) is 22.8. The van der Waals surface area contributed by atoms with Gasteiger partial charge in [-0.1, -0.05) is 87.5 Å². The summed E-state index contributed by atoms with van der Waals surface area (Å²) >= 11 is 0. The van der Waals surface area contributed by atoms with Crippen molar-refractivity contribution in [3.63, 3.8) is 0 Å². The smallest absolute Gasteiger partial charge is 0.449 e. The number of rotatable bonds is 10. The van der Waals surface area contributed by atoms with Crippen molar-refractivity contribution >= 4 is 36.1 Å². The van der Waals surface area contributed by atoms with Gasteiger partial charge in [-0.05, 0) is 79.5 Å². The van der Waals surface area contributed by atoms with Crippen molar-refractivity contribution in [2.45, 2.75) is 71.6 Å². The Bertz CT molecular complexity index is 1570. The Balaban J connectivity index is 1.13. The highest BCUT2D eigenvalue weighted by molar-refractivity contribution is 6.62. The molecule has 1 saturated heterocycles. The lowest BCUT2D eigenvalue weighted by Gasteiger charge is -2.32. The molecule has 3 aromatic carbocycles. The molecular weight excluding hydrogens is 579 g/mol. The van der Waals surface area contributed by atoms with Gasteiger partial charge in [-0.3, -0.25) is 9.59 Å². The molecular formula is C37H43BN2O6. The van der Waals surface area contributed by atoms with E-state index in [1.165, 1.54) is 6.08 Å². The number of amides is 2. The second-order valence-corrected chi connectivity index (χ2v) is 13.4. The molecule has 1 aliphatic carbocycles. The number of carbonyl (C=O) groups excluding carboxylic acids is 3. The van der Waals surface area contributed by atoms with Gasteiger partial charge in [0.25, 0.3) is 0 Å². The summed E-state index contributed by atoms with van der Waals surface area (Å²) in [6.07, 6.45) is 2.25. The molecule has 0 aromatic heterocycles. The SMILES string of the molecule is CC(/C=C/C(=O)[C@@H](NC(=O)OCC1c2ccccc2-c2ccccc21)C(C)C)C(=O)Nc1ccc(B2OC(C)(C)C(C)(C)O2)cc1. The molecule has 1 heterocycles. The van der Waals surface area contributed by atoms with E-state index in [1.54, 1.807) is 25.1 Å². The maximum absolute atomic E-state index is 13.1. The number of ether oxygens (including phenoxy) is 1. The fourth-order valence-corrected chi connectivity index (χ4v) is 5.72. The molecule has 1 fully saturated rings. The first-order valence-electron chi connectivity index (χ1n) is 15.9. The van der Waals surface area contributed by atoms with Crippen LogP contribution >= 0.6 is 0 Å². The molecule has 0 saturated carbocycles. The van der Waals surface area contributed by atoms with Gasteiger partial charge in [-0.2, -0.15) is 0 Å². The van der Waals surface area contributed by atoms with E-state index in [0.29, 0.717) is 5.69 Å². The van der Waals surface area contributed by atoms with Crippen LogP contribution in [-0.4, -0.2) is 48.8 Å². The molecule has 2 amide bonds. The summed E-state index contributed by atoms with van der Waals surface area (Å²) in [4.78, 5) is 38.9. The molecule has 1 aliphatic heterocycles. The molecule has 2 N–H and O–H groups in total. The van der Waals surface area contributed by atoms with Crippen LogP contribution in [0, 0.1) is 11.8 Å². The van der Waals surface area contributed by atoms with Gasteiger partial charge in [-0.15, -0.1) is 0 Å². The number of alkyl carbamates (subject to hydrolysis) is 1. The summed E-state index contributed by atoms with van der Waals surface area (Å²) < 4.78 is 17.9. The molecule has 3 aromatic rings. The van der Waals surface area contributed by atoms with Gasteiger partial charge >= 0.3 is 13.2 Å². The van der Waals surface area contributed by atoms with Crippen molar-refractivity contribution in [3.05, 3.63) is 96.1 Å². The van der Waals surface area contributed by atoms with Gasteiger partial charge < -0.3 is 24.7 Å². The lowest BCUT2D eigenvalue weighted by Crippen LogP contribution is -2.44. The number of fused-ring (bicyclic) bond motifs is 3. The van der Waals surface area contributed by atoms with Crippen LogP contribution in [0.5, 0.6) is 0 Å². The van der Waals surface area contributed by atoms with Crippen LogP contribution in [0.3, 0.4) is 0 Å². The third kappa shape index (κ3) is 6.96. The normalized spacial score (nSPS) is 17.8. The lowest BCUT2D eigenvalue weighted by atomic mass is 9.79. The van der Waals surface area contributed by atoms with Gasteiger partial charge in [0.05, 0.1) is 23.2 Å². The molecule has 1 unspecified atom stereocenters. The fraction of sp³-hybridized carbons (Fsp3) is 0.378. The van der Waals surface area contributed by atoms with E-state index in [9.17, 15) is 14.4 Å². The average molecular weight is 623 g/mol. The molecule has 2 atom stereocenters. The molecule has 46 heavy (non-hydrogen) atoms. The Morgan fingerprint density at radius 2 is 1.39 bits per heavy atom. The number of hydrogen-bond donors (Lipinski definition) is 2. The predicted molar refractivity (Wildman–Crippen MR) is 181 cm³/mol. The van der Waals surface area contributed by atoms with Crippen LogP contribution in [-0.2, 0) is 23.6 Å². The molecule has 9 heteroatoms. The van der Waals surface area contributed by atoms with E-state index in [4.69, 9.17) is 14.0 Å². The Kier molecular flexibility index (Phi) is 9.56. The zero-order chi connectivity index (χ0) is 33.2. The Morgan fingerprint density at radius 1 is 0.848 bits per heavy atom. The van der Waals surface area contributed by atoms with Gasteiger partial charge in [0.15, 0.2) is 5.78 Å². The molecule has 8 nitrogen and oxygen atoms in total. The zero-order valence-corrected chi connectivity index (χ0v) is 27.6. The molecule has 0 radical (unpaired) electrons. The molecule has 0 spiro atoms. The first-order chi connectivity index (χ1) is 21.8. The highest BCUT2D eigenvalue weighted by atomic mass is 16.7. The Morgan fingerprint density at radius 3 is 1.93 bits per heavy atom. The highest BCUT2D eigenvalue weighted by Crippen LogP contribution is 2.44. The molecule has 0 bridgehead atoms. The van der Waals surface area contributed by atoms with E-state index < -0.39 is 36.4 Å². The largest absolute Gasteiger partial charge is 0.494 e. The summed E-state index contributed by atoms with van der Waals surface area (Å²) in [5, 5.41) is 5.62. The minimum atomic E-state index is -0.801. The van der Waals surface area contributed by atoms with Gasteiger partial charge in [-0.25, -0.2) is 4.79 Å². The van der Waals surface area contributed by atoms with E-state index in [1.807, 2.05) is 77.9 Å². The zero-order valence-electron chi connectivity index (χ0n) is 27.6. The molecule has 5 rings (SSSR count). The average Bonchev–Trinajstić information content (AvgIpc) is 3.46. The minimum Gasteiger partial charge on any atom is -0.449 e. The lowest BCUT2D eigenvalue weighted by molar-refractivity contribution is -0.118. The summed E-state index contributed by atoms with van der Waals surface area (Å²) in [5.41, 5.74) is 5.11. The van der Waals surface area contributed by atoms with Crippen LogP contribution < -0.4 is 16.1 Å². The number of ketones is 1. The second-order valence-electron chi connectivity index (χ2n) is 13.4. The van der Waals surface area contributed by atoms with Crippen LogP contribution in [0.2, 0.25) is 0 Å². The van der Waals surface area contributed by atoms with Gasteiger partial charge in [0.1, 0.15) is 6.61 Å². The summed E-state index contributed by atoms with van der Waals surface area (Å²) in [6.45, 7) is 13.6. The van der Waals surface area contributed by atoms with Crippen LogP contribution in [0.15, 0.2) is 84.9 Å². The standard InChI is InChI=1S/C37H43BN2O6/c1-23(2)33(40-35(43)44-22-31-29-14-10-8-12-27(29)28-13-9-11-15-30(28)31)32(41)21-16-24(3)34(42)39-26-19-17-25(18-20-26)38-45-36(4,5)37(6,7)46-38/h8-21,23-24,31,33H,22H2,1-7H3,(H,39,42)(H,40,43)/b21-16+/t24?,33-/m0/s1. The van der Waals surface area contributed by atoms with Crippen LogP contribution in [0.4, 0.5) is 10.5 Å². The van der Waals surface area contributed by atoms with Crippen LogP contribution in [0.25, 0.3) is 11.1 Å². The van der Waals surface area contributed by atoms with Crippen molar-refractivity contribution in [1.82, 2.24) is 5.32 Å². The fourth-order valence-electron chi connectivity index (χ4n) is 5.72. The van der Waals surface area contributed by atoms with Gasteiger partial charge in [0.2, 0.25) is 5.91 Å². The maximum atomic E-state index is 13.1. The first-order valence-corrected chi connectivity index (χ1v) is 15.9. The van der Waals surface area contributed by atoms with Crippen molar-refractivity contribution in [3.8, 4) is 11.1 Å². The minimum absolute atomic E-state index is 0.0783. The van der Waals surface area contributed by atoms with Crippen LogP contribution in [0.1, 0.15) is 65.5 Å². The van der Waals surface area contributed by atoms with E-state index in [2.05, 4.69) is 34.9 Å². The number of carbonyl (C=O) groups is 3. The maximum Gasteiger partial charge on any atom is 0.494 e. The number of anilines is 1. The van der Waals surface area contributed by atoms with Crippen molar-refractivity contribution in [1.29, 1.82) is 0 Å². The molecule has 240 valence electrons. The number of benzene rings is 3. The third-order valence-electron chi connectivity index (χ3n) is 9.26. The summed E-state index contributed by atoms with van der Waals surface area (Å²) in [7, 11) is -0.487. The van der Waals surface area contributed by atoms with E-state index in [0.717, 1.165) is 27.7 Å². The summed E-state index contributed by atoms with van der Waals surface area (Å²) in [5.74, 6) is -1.43. The predicted octanol–water partition coefficient (Wildman–Crippen LogP) is 6.25. The first kappa shape index (κ1) is 33.2. The Labute approximate surface area is 272 Å². The molecule has 2 aliphatic rings. The van der Waals surface area contributed by atoms with E-state index >= 15 is 0 Å². The van der Waals surface area contributed by atoms with Gasteiger partial charge in [0, 0.05) is 11.6 Å². The highest BCUT2D eigenvalue weighted by Gasteiger charge is 2.51. The van der Waals surface area contributed by atoms with E-state index in [-0.39, 0.29) is 30.1 Å². The quantitative estimate of drug-likeness (QED) is 0.205. The third-order valence-corrected chi connectivity index (χ3v) is 9.26. The van der Waals surface area contributed by atoms with Crippen molar-refractivity contribution in [2.75, 3.05) is 11.9 Å². The Hall–Kier alpha value is -4.21. The number of hydrogen-bond acceptors (Lipinski definition) is 6. The topological polar surface area (TPSA) is 103 Å². The monoisotopic (exact) mass is 622 g/mol.